The molecule has 0 spiro atoms. The third kappa shape index (κ3) is 3.71. The summed E-state index contributed by atoms with van der Waals surface area (Å²) < 4.78 is 0. The Labute approximate surface area is 122 Å². The third-order valence-electron chi connectivity index (χ3n) is 4.27. The first-order chi connectivity index (χ1) is 9.90. The van der Waals surface area contributed by atoms with Gasteiger partial charge in [-0.15, -0.1) is 0 Å². The quantitative estimate of drug-likeness (QED) is 0.889. The smallest absolute Gasteiger partial charge is 0.00171 e. The van der Waals surface area contributed by atoms with Crippen LogP contribution in [-0.2, 0) is 12.8 Å². The molecule has 1 heteroatoms. The molecule has 0 amide bonds. The number of nitrogens with one attached hydrogen (secondary N) is 1. The highest BCUT2D eigenvalue weighted by Gasteiger charge is 2.21. The first-order valence-corrected chi connectivity index (χ1v) is 7.69. The molecule has 0 saturated carbocycles. The maximum Gasteiger partial charge on any atom is -0.00171 e. The summed E-state index contributed by atoms with van der Waals surface area (Å²) in [5, 5.41) is 3.63. The largest absolute Gasteiger partial charge is 0.316 e. The normalized spacial score (nSPS) is 22.6. The molecule has 1 heterocycles. The van der Waals surface area contributed by atoms with Crippen LogP contribution in [0.2, 0.25) is 0 Å². The van der Waals surface area contributed by atoms with E-state index in [0.717, 1.165) is 11.8 Å². The van der Waals surface area contributed by atoms with Gasteiger partial charge in [0.1, 0.15) is 0 Å². The van der Waals surface area contributed by atoms with Crippen molar-refractivity contribution in [3.05, 3.63) is 71.8 Å². The predicted octanol–water partition coefficient (Wildman–Crippen LogP) is 3.70. The summed E-state index contributed by atoms with van der Waals surface area (Å²) in [6.07, 6.45) is 3.76. The SMILES string of the molecule is c1ccc(CC2CNCC(Cc3ccccc3)C2)cc1. The van der Waals surface area contributed by atoms with E-state index in [4.69, 9.17) is 0 Å². The van der Waals surface area contributed by atoms with Gasteiger partial charge in [0.2, 0.25) is 0 Å². The lowest BCUT2D eigenvalue weighted by atomic mass is 9.83. The maximum atomic E-state index is 3.63. The van der Waals surface area contributed by atoms with Crippen molar-refractivity contribution in [2.24, 2.45) is 11.8 Å². The Morgan fingerprint density at radius 1 is 0.700 bits per heavy atom. The number of hydrogen-bond acceptors (Lipinski definition) is 1. The van der Waals surface area contributed by atoms with Gasteiger partial charge < -0.3 is 5.32 Å². The summed E-state index contributed by atoms with van der Waals surface area (Å²) in [4.78, 5) is 0. The molecule has 3 rings (SSSR count). The zero-order valence-electron chi connectivity index (χ0n) is 12.0. The standard InChI is InChI=1S/C19H23N/c1-3-7-16(8-4-1)11-18-13-19(15-20-14-18)12-17-9-5-2-6-10-17/h1-10,18-20H,11-15H2. The van der Waals surface area contributed by atoms with E-state index < -0.39 is 0 Å². The zero-order chi connectivity index (χ0) is 13.6. The molecule has 2 unspecified atom stereocenters. The highest BCUT2D eigenvalue weighted by atomic mass is 14.9. The summed E-state index contributed by atoms with van der Waals surface area (Å²) in [7, 11) is 0. The van der Waals surface area contributed by atoms with Crippen LogP contribution in [-0.4, -0.2) is 13.1 Å². The fraction of sp³-hybridized carbons (Fsp3) is 0.368. The van der Waals surface area contributed by atoms with Gasteiger partial charge in [-0.3, -0.25) is 0 Å². The minimum absolute atomic E-state index is 0.778. The second-order valence-corrected chi connectivity index (χ2v) is 6.01. The minimum Gasteiger partial charge on any atom is -0.316 e. The Morgan fingerprint density at radius 2 is 1.15 bits per heavy atom. The van der Waals surface area contributed by atoms with Gasteiger partial charge in [-0.05, 0) is 55.3 Å². The predicted molar refractivity (Wildman–Crippen MR) is 84.8 cm³/mol. The van der Waals surface area contributed by atoms with Crippen LogP contribution in [0.1, 0.15) is 17.5 Å². The van der Waals surface area contributed by atoms with Crippen LogP contribution in [0.15, 0.2) is 60.7 Å². The molecule has 1 aliphatic heterocycles. The van der Waals surface area contributed by atoms with E-state index in [0.29, 0.717) is 0 Å². The summed E-state index contributed by atoms with van der Waals surface area (Å²) in [5.41, 5.74) is 2.94. The van der Waals surface area contributed by atoms with Crippen molar-refractivity contribution in [3.8, 4) is 0 Å². The van der Waals surface area contributed by atoms with Crippen LogP contribution in [0.3, 0.4) is 0 Å². The lowest BCUT2D eigenvalue weighted by Gasteiger charge is -2.30. The van der Waals surface area contributed by atoms with Crippen molar-refractivity contribution >= 4 is 0 Å². The summed E-state index contributed by atoms with van der Waals surface area (Å²) in [6, 6.07) is 21.8. The van der Waals surface area contributed by atoms with Crippen LogP contribution < -0.4 is 5.32 Å². The Kier molecular flexibility index (Phi) is 4.49. The molecular formula is C19H23N. The van der Waals surface area contributed by atoms with E-state index >= 15 is 0 Å². The van der Waals surface area contributed by atoms with Gasteiger partial charge in [-0.2, -0.15) is 0 Å². The average Bonchev–Trinajstić information content (AvgIpc) is 2.50. The topological polar surface area (TPSA) is 12.0 Å². The lowest BCUT2D eigenvalue weighted by molar-refractivity contribution is 0.283. The van der Waals surface area contributed by atoms with E-state index in [-0.39, 0.29) is 0 Å². The van der Waals surface area contributed by atoms with Crippen LogP contribution >= 0.6 is 0 Å². The number of piperidine rings is 1. The van der Waals surface area contributed by atoms with Gasteiger partial charge in [0.15, 0.2) is 0 Å². The first kappa shape index (κ1) is 13.4. The lowest BCUT2D eigenvalue weighted by Crippen LogP contribution is -2.38. The molecule has 1 fully saturated rings. The van der Waals surface area contributed by atoms with Crippen LogP contribution in [0.4, 0.5) is 0 Å². The Hall–Kier alpha value is -1.60. The highest BCUT2D eigenvalue weighted by Crippen LogP contribution is 2.23. The molecule has 0 aromatic heterocycles. The molecule has 0 bridgehead atoms. The van der Waals surface area contributed by atoms with Gasteiger partial charge in [-0.1, -0.05) is 60.7 Å². The fourth-order valence-electron chi connectivity index (χ4n) is 3.34. The molecule has 0 aliphatic carbocycles. The second kappa shape index (κ2) is 6.71. The van der Waals surface area contributed by atoms with Crippen molar-refractivity contribution in [3.63, 3.8) is 0 Å². The molecule has 1 N–H and O–H groups in total. The first-order valence-electron chi connectivity index (χ1n) is 7.69. The van der Waals surface area contributed by atoms with Crippen molar-refractivity contribution in [2.75, 3.05) is 13.1 Å². The van der Waals surface area contributed by atoms with E-state index in [1.807, 2.05) is 0 Å². The number of benzene rings is 2. The van der Waals surface area contributed by atoms with E-state index in [1.54, 1.807) is 0 Å². The molecule has 0 radical (unpaired) electrons. The molecule has 1 saturated heterocycles. The molecule has 2 aromatic rings. The van der Waals surface area contributed by atoms with Crippen molar-refractivity contribution in [2.45, 2.75) is 19.3 Å². The number of rotatable bonds is 4. The van der Waals surface area contributed by atoms with Crippen molar-refractivity contribution < 1.29 is 0 Å². The Balaban J connectivity index is 1.57. The second-order valence-electron chi connectivity index (χ2n) is 6.01. The zero-order valence-corrected chi connectivity index (χ0v) is 12.0. The van der Waals surface area contributed by atoms with Gasteiger partial charge in [0, 0.05) is 0 Å². The van der Waals surface area contributed by atoms with Crippen LogP contribution in [0, 0.1) is 11.8 Å². The molecular weight excluding hydrogens is 242 g/mol. The van der Waals surface area contributed by atoms with E-state index in [9.17, 15) is 0 Å². The Bertz CT molecular complexity index is 458. The summed E-state index contributed by atoms with van der Waals surface area (Å²) in [5.74, 6) is 1.56. The molecule has 1 aliphatic rings. The van der Waals surface area contributed by atoms with Crippen LogP contribution in [0.25, 0.3) is 0 Å². The molecule has 2 atom stereocenters. The monoisotopic (exact) mass is 265 g/mol. The Morgan fingerprint density at radius 3 is 1.60 bits per heavy atom. The minimum atomic E-state index is 0.778. The number of hydrogen-bond donors (Lipinski definition) is 1. The van der Waals surface area contributed by atoms with Crippen LogP contribution in [0.5, 0.6) is 0 Å². The third-order valence-corrected chi connectivity index (χ3v) is 4.27. The fourth-order valence-corrected chi connectivity index (χ4v) is 3.34. The van der Waals surface area contributed by atoms with Gasteiger partial charge in [0.05, 0.1) is 0 Å². The average molecular weight is 265 g/mol. The molecule has 2 aromatic carbocycles. The van der Waals surface area contributed by atoms with Gasteiger partial charge in [0.25, 0.3) is 0 Å². The van der Waals surface area contributed by atoms with Gasteiger partial charge in [-0.25, -0.2) is 0 Å². The van der Waals surface area contributed by atoms with E-state index in [2.05, 4.69) is 66.0 Å². The van der Waals surface area contributed by atoms with Crippen molar-refractivity contribution in [1.82, 2.24) is 5.32 Å². The molecule has 104 valence electrons. The van der Waals surface area contributed by atoms with E-state index in [1.165, 1.54) is 43.5 Å². The summed E-state index contributed by atoms with van der Waals surface area (Å²) in [6.45, 7) is 2.33. The summed E-state index contributed by atoms with van der Waals surface area (Å²) >= 11 is 0. The van der Waals surface area contributed by atoms with Gasteiger partial charge >= 0.3 is 0 Å². The molecule has 1 nitrogen and oxygen atoms in total. The van der Waals surface area contributed by atoms with Crippen molar-refractivity contribution in [1.29, 1.82) is 0 Å². The molecule has 20 heavy (non-hydrogen) atoms. The maximum absolute atomic E-state index is 3.63. The highest BCUT2D eigenvalue weighted by molar-refractivity contribution is 5.17.